The number of carboxylic acids is 2. The molecule has 1 heterocycles. The van der Waals surface area contributed by atoms with Gasteiger partial charge in [0, 0.05) is 11.8 Å². The molecule has 1 spiro atoms. The number of carboxylic acid groups (broad SMARTS) is 2. The fourth-order valence-electron chi connectivity index (χ4n) is 10.3. The molecule has 4 saturated carbocycles. The van der Waals surface area contributed by atoms with Crippen LogP contribution >= 0.6 is 0 Å². The fourth-order valence-corrected chi connectivity index (χ4v) is 11.3. The first-order valence-corrected chi connectivity index (χ1v) is 21.0. The smallest absolute Gasteiger partial charge is 0.397 e. The van der Waals surface area contributed by atoms with Crippen LogP contribution in [0.2, 0.25) is 0 Å². The Hall–Kier alpha value is -2.76. The molecule has 5 aliphatic rings. The molecular weight excluding hydrogens is 776 g/mol. The van der Waals surface area contributed by atoms with Crippen LogP contribution in [0, 0.1) is 40.4 Å². The molecular formula is C34H50O19S2. The lowest BCUT2D eigenvalue weighted by Crippen LogP contribution is -2.64. The molecule has 2 bridgehead atoms. The third-order valence-electron chi connectivity index (χ3n) is 12.3. The van der Waals surface area contributed by atoms with E-state index in [0.717, 1.165) is 12.0 Å². The molecule has 5 N–H and O–H groups in total. The van der Waals surface area contributed by atoms with Gasteiger partial charge in [0.05, 0.1) is 31.0 Å². The van der Waals surface area contributed by atoms with Crippen molar-refractivity contribution in [3.8, 4) is 0 Å². The lowest BCUT2D eigenvalue weighted by atomic mass is 9.43. The van der Waals surface area contributed by atoms with Crippen LogP contribution < -0.4 is 0 Å². The van der Waals surface area contributed by atoms with Gasteiger partial charge in [-0.3, -0.25) is 28.3 Å². The Labute approximate surface area is 318 Å². The molecule has 1 saturated heterocycles. The van der Waals surface area contributed by atoms with E-state index in [2.05, 4.69) is 6.58 Å². The van der Waals surface area contributed by atoms with E-state index < -0.39 is 124 Å². The van der Waals surface area contributed by atoms with Crippen molar-refractivity contribution in [3.63, 3.8) is 0 Å². The highest BCUT2D eigenvalue weighted by Crippen LogP contribution is 2.70. The van der Waals surface area contributed by atoms with Crippen LogP contribution in [0.3, 0.4) is 0 Å². The van der Waals surface area contributed by atoms with Gasteiger partial charge in [0.15, 0.2) is 18.5 Å². The lowest BCUT2D eigenvalue weighted by Gasteiger charge is -2.62. The molecule has 312 valence electrons. The summed E-state index contributed by atoms with van der Waals surface area (Å²) < 4.78 is 101. The quantitative estimate of drug-likeness (QED) is 0.0683. The number of hydrogen-bond donors (Lipinski definition) is 5. The summed E-state index contributed by atoms with van der Waals surface area (Å²) in [7, 11) is -11.1. The number of aliphatic hydroxyl groups is 1. The molecule has 55 heavy (non-hydrogen) atoms. The van der Waals surface area contributed by atoms with Gasteiger partial charge in [-0.15, -0.1) is 0 Å². The summed E-state index contributed by atoms with van der Waals surface area (Å²) >= 11 is 0. The minimum atomic E-state index is -5.55. The number of aliphatic hydroxyl groups excluding tert-OH is 1. The second-order valence-corrected chi connectivity index (χ2v) is 18.3. The Balaban J connectivity index is 1.53. The predicted octanol–water partition coefficient (Wildman–Crippen LogP) is 2.08. The Bertz CT molecular complexity index is 1730. The molecule has 0 aromatic carbocycles. The van der Waals surface area contributed by atoms with Gasteiger partial charge in [0.2, 0.25) is 0 Å². The van der Waals surface area contributed by atoms with Gasteiger partial charge in [0.25, 0.3) is 0 Å². The Morgan fingerprint density at radius 1 is 0.927 bits per heavy atom. The SMILES string of the molecule is C=C1C2CCC3C4(C)CC(OC5O[C@@H](COC(=O)CCC(=O)O)[C@@H](OS(=O)(=O)O)C(OS(=O)(=O)O)C5OC(=O)CC(C)C)CC(C(=O)O)C4CCC3(C2)[C@H]1O. The van der Waals surface area contributed by atoms with E-state index in [4.69, 9.17) is 32.4 Å². The van der Waals surface area contributed by atoms with Crippen LogP contribution in [0.25, 0.3) is 0 Å². The van der Waals surface area contributed by atoms with E-state index in [-0.39, 0.29) is 42.9 Å². The Morgan fingerprint density at radius 3 is 2.18 bits per heavy atom. The maximum absolute atomic E-state index is 13.1. The topological polar surface area (TPSA) is 293 Å². The van der Waals surface area contributed by atoms with Crippen LogP contribution in [-0.4, -0.2) is 115 Å². The summed E-state index contributed by atoms with van der Waals surface area (Å²) in [5.41, 5.74) is -0.498. The molecule has 19 nitrogen and oxygen atoms in total. The number of fused-ring (bicyclic) bond motifs is 3. The molecule has 13 atom stereocenters. The van der Waals surface area contributed by atoms with Gasteiger partial charge in [-0.25, -0.2) is 8.37 Å². The van der Waals surface area contributed by atoms with Crippen molar-refractivity contribution >= 4 is 44.7 Å². The fraction of sp³-hybridized carbons (Fsp3) is 0.824. The van der Waals surface area contributed by atoms with Crippen LogP contribution in [0.4, 0.5) is 0 Å². The number of ether oxygens (including phenoxy) is 4. The monoisotopic (exact) mass is 826 g/mol. The van der Waals surface area contributed by atoms with Crippen LogP contribution in [0.15, 0.2) is 12.2 Å². The molecule has 21 heteroatoms. The van der Waals surface area contributed by atoms with Crippen molar-refractivity contribution in [2.75, 3.05) is 6.61 Å². The first-order valence-electron chi connectivity index (χ1n) is 18.2. The maximum Gasteiger partial charge on any atom is 0.397 e. The third-order valence-corrected chi connectivity index (χ3v) is 13.2. The molecule has 0 aromatic heterocycles. The van der Waals surface area contributed by atoms with E-state index in [0.29, 0.717) is 25.7 Å². The van der Waals surface area contributed by atoms with E-state index in [9.17, 15) is 55.3 Å². The Morgan fingerprint density at radius 2 is 1.58 bits per heavy atom. The van der Waals surface area contributed by atoms with Gasteiger partial charge in [-0.05, 0) is 79.6 Å². The number of hydrogen-bond acceptors (Lipinski definition) is 15. The van der Waals surface area contributed by atoms with Crippen molar-refractivity contribution in [1.82, 2.24) is 0 Å². The van der Waals surface area contributed by atoms with Gasteiger partial charge < -0.3 is 34.3 Å². The highest BCUT2D eigenvalue weighted by Gasteiger charge is 2.67. The third kappa shape index (κ3) is 9.52. The zero-order chi connectivity index (χ0) is 40.8. The lowest BCUT2D eigenvalue weighted by molar-refractivity contribution is -0.316. The normalized spacial score (nSPS) is 38.8. The van der Waals surface area contributed by atoms with E-state index >= 15 is 0 Å². The van der Waals surface area contributed by atoms with Gasteiger partial charge in [-0.2, -0.15) is 16.8 Å². The summed E-state index contributed by atoms with van der Waals surface area (Å²) in [6, 6.07) is 0. The van der Waals surface area contributed by atoms with Crippen molar-refractivity contribution in [2.24, 2.45) is 40.4 Å². The van der Waals surface area contributed by atoms with Crippen molar-refractivity contribution in [1.29, 1.82) is 0 Å². The summed E-state index contributed by atoms with van der Waals surface area (Å²) in [6.07, 6.45) is -10.5. The van der Waals surface area contributed by atoms with Gasteiger partial charge >= 0.3 is 44.7 Å². The molecule has 5 fully saturated rings. The molecule has 10 unspecified atom stereocenters. The average Bonchev–Trinajstić information content (AvgIpc) is 3.22. The highest BCUT2D eigenvalue weighted by molar-refractivity contribution is 7.81. The van der Waals surface area contributed by atoms with Crippen molar-refractivity contribution < 1.29 is 87.8 Å². The zero-order valence-corrected chi connectivity index (χ0v) is 32.3. The second-order valence-electron chi connectivity index (χ2n) is 16.2. The summed E-state index contributed by atoms with van der Waals surface area (Å²) in [5.74, 6) is -6.15. The first-order chi connectivity index (χ1) is 25.4. The van der Waals surface area contributed by atoms with Crippen LogP contribution in [0.1, 0.15) is 85.0 Å². The van der Waals surface area contributed by atoms with E-state index in [1.165, 1.54) is 0 Å². The van der Waals surface area contributed by atoms with E-state index in [1.54, 1.807) is 13.8 Å². The molecule has 4 aliphatic carbocycles. The van der Waals surface area contributed by atoms with Crippen molar-refractivity contribution in [3.05, 3.63) is 12.2 Å². The van der Waals surface area contributed by atoms with Crippen LogP contribution in [0.5, 0.6) is 0 Å². The van der Waals surface area contributed by atoms with Crippen LogP contribution in [-0.2, 0) is 67.3 Å². The average molecular weight is 827 g/mol. The summed E-state index contributed by atoms with van der Waals surface area (Å²) in [5, 5.41) is 31.0. The highest BCUT2D eigenvalue weighted by atomic mass is 32.3. The van der Waals surface area contributed by atoms with Gasteiger partial charge in [0.1, 0.15) is 18.8 Å². The maximum atomic E-state index is 13.1. The Kier molecular flexibility index (Phi) is 12.8. The summed E-state index contributed by atoms with van der Waals surface area (Å²) in [6.45, 7) is 8.46. The number of rotatable bonds is 15. The summed E-state index contributed by atoms with van der Waals surface area (Å²) in [4.78, 5) is 49.4. The number of carbonyl (C=O) groups is 4. The standard InChI is InChI=1S/C34H50O19S2/c1-16(2)11-26(38)51-29-28(53-55(45,46)47)27(52-54(42,43)44)22(15-48-25(37)8-7-24(35)36)50-32(29)49-19-12-20(31(40)41)21-9-10-34-13-18(17(3)30(34)39)5-6-23(34)33(21,4)14-19/h16,18-23,27-30,32,39H,3,5-15H2,1-2,4H3,(H,35,36)(H,40,41)(H,42,43,44)(H,45,46,47)/t18?,19?,20?,21?,22-,23?,27+,28?,29?,30-,32?,33?,34?/m0/s1. The predicted molar refractivity (Wildman–Crippen MR) is 183 cm³/mol. The number of aliphatic carboxylic acids is 2. The molecule has 5 rings (SSSR count). The van der Waals surface area contributed by atoms with Crippen molar-refractivity contribution in [2.45, 2.75) is 128 Å². The molecule has 1 aliphatic heterocycles. The minimum absolute atomic E-state index is 0.0939. The zero-order valence-electron chi connectivity index (χ0n) is 30.7. The first kappa shape index (κ1) is 43.4. The number of esters is 2. The largest absolute Gasteiger partial charge is 0.481 e. The minimum Gasteiger partial charge on any atom is -0.481 e. The second kappa shape index (κ2) is 16.2. The van der Waals surface area contributed by atoms with E-state index in [1.807, 2.05) is 6.92 Å². The molecule has 0 aromatic rings. The molecule has 0 radical (unpaired) electrons. The number of carbonyl (C=O) groups excluding carboxylic acids is 2. The van der Waals surface area contributed by atoms with Gasteiger partial charge in [-0.1, -0.05) is 27.4 Å². The molecule has 0 amide bonds.